The van der Waals surface area contributed by atoms with Gasteiger partial charge in [0.25, 0.3) is 0 Å². The molecule has 0 bridgehead atoms. The van der Waals surface area contributed by atoms with Gasteiger partial charge in [-0.1, -0.05) is 87.9 Å². The summed E-state index contributed by atoms with van der Waals surface area (Å²) in [6.45, 7) is 10.6. The number of benzene rings is 3. The third-order valence-corrected chi connectivity index (χ3v) is 5.74. The average Bonchev–Trinajstić information content (AvgIpc) is 3.10. The van der Waals surface area contributed by atoms with E-state index in [1.54, 1.807) is 0 Å². The first-order valence-corrected chi connectivity index (χ1v) is 11.1. The second-order valence-corrected chi connectivity index (χ2v) is 8.87. The molecule has 0 aliphatic heterocycles. The molecular weight excluding hydrogens is 396 g/mol. The van der Waals surface area contributed by atoms with E-state index in [1.807, 2.05) is 42.5 Å². The van der Waals surface area contributed by atoms with E-state index in [2.05, 4.69) is 69.5 Å². The summed E-state index contributed by atoms with van der Waals surface area (Å²) >= 11 is 0. The number of fused-ring (bicyclic) bond motifs is 1. The molecule has 0 unspecified atom stereocenters. The van der Waals surface area contributed by atoms with Gasteiger partial charge in [0.15, 0.2) is 0 Å². The highest BCUT2D eigenvalue weighted by molar-refractivity contribution is 6.07. The molecule has 164 valence electrons. The number of rotatable bonds is 5. The standard InChI is InChI=1S/C28H30N2O2/c1-17(2)21-12-9-13-22(18(3)4)26(21)29-28(31)30-27-25(20-10-7-6-8-11-20)23-16-19(5)14-15-24(23)32-27/h6-18H,1-5H3,(H2,29,30,31). The van der Waals surface area contributed by atoms with Crippen molar-refractivity contribution in [3.63, 3.8) is 0 Å². The molecule has 4 nitrogen and oxygen atoms in total. The van der Waals surface area contributed by atoms with Crippen molar-refractivity contribution < 1.29 is 9.21 Å². The number of amides is 2. The van der Waals surface area contributed by atoms with Crippen LogP contribution in [0, 0.1) is 6.92 Å². The van der Waals surface area contributed by atoms with Gasteiger partial charge in [-0.2, -0.15) is 0 Å². The Kier molecular flexibility index (Phi) is 6.04. The predicted molar refractivity (Wildman–Crippen MR) is 134 cm³/mol. The predicted octanol–water partition coefficient (Wildman–Crippen LogP) is 8.30. The number of anilines is 2. The van der Waals surface area contributed by atoms with Crippen molar-refractivity contribution in [2.45, 2.75) is 46.5 Å². The minimum absolute atomic E-state index is 0.290. The summed E-state index contributed by atoms with van der Waals surface area (Å²) in [7, 11) is 0. The second kappa shape index (κ2) is 8.91. The molecule has 2 N–H and O–H groups in total. The van der Waals surface area contributed by atoms with Crippen LogP contribution in [-0.4, -0.2) is 6.03 Å². The highest BCUT2D eigenvalue weighted by atomic mass is 16.4. The third-order valence-electron chi connectivity index (χ3n) is 5.74. The number of hydrogen-bond acceptors (Lipinski definition) is 2. The minimum atomic E-state index is -0.312. The lowest BCUT2D eigenvalue weighted by molar-refractivity contribution is 0.261. The molecule has 0 fully saturated rings. The Morgan fingerprint density at radius 1 is 0.812 bits per heavy atom. The molecule has 2 amide bonds. The van der Waals surface area contributed by atoms with Crippen LogP contribution >= 0.6 is 0 Å². The number of furan rings is 1. The normalized spacial score (nSPS) is 11.3. The van der Waals surface area contributed by atoms with Crippen molar-refractivity contribution in [2.24, 2.45) is 0 Å². The molecule has 4 heteroatoms. The van der Waals surface area contributed by atoms with Gasteiger partial charge >= 0.3 is 6.03 Å². The van der Waals surface area contributed by atoms with E-state index >= 15 is 0 Å². The quantitative estimate of drug-likeness (QED) is 0.337. The SMILES string of the molecule is Cc1ccc2oc(NC(=O)Nc3c(C(C)C)cccc3C(C)C)c(-c3ccccc3)c2c1. The van der Waals surface area contributed by atoms with E-state index in [1.165, 1.54) is 0 Å². The zero-order chi connectivity index (χ0) is 22.8. The fraction of sp³-hybridized carbons (Fsp3) is 0.250. The first-order valence-electron chi connectivity index (χ1n) is 11.1. The molecule has 1 aromatic heterocycles. The zero-order valence-electron chi connectivity index (χ0n) is 19.3. The molecular formula is C28H30N2O2. The Morgan fingerprint density at radius 2 is 1.47 bits per heavy atom. The number of hydrogen-bond donors (Lipinski definition) is 2. The van der Waals surface area contributed by atoms with E-state index in [9.17, 15) is 4.79 Å². The highest BCUT2D eigenvalue weighted by Gasteiger charge is 2.20. The van der Waals surface area contributed by atoms with E-state index < -0.39 is 0 Å². The molecule has 0 spiro atoms. The van der Waals surface area contributed by atoms with Crippen LogP contribution < -0.4 is 10.6 Å². The smallest absolute Gasteiger partial charge is 0.326 e. The maximum Gasteiger partial charge on any atom is 0.326 e. The minimum Gasteiger partial charge on any atom is -0.440 e. The first-order chi connectivity index (χ1) is 15.3. The van der Waals surface area contributed by atoms with Crippen LogP contribution in [0.5, 0.6) is 0 Å². The number of carbonyl (C=O) groups excluding carboxylic acids is 1. The number of aryl methyl sites for hydroxylation is 1. The van der Waals surface area contributed by atoms with Crippen molar-refractivity contribution >= 4 is 28.6 Å². The van der Waals surface area contributed by atoms with Gasteiger partial charge in [-0.05, 0) is 47.6 Å². The number of nitrogens with one attached hydrogen (secondary N) is 2. The Morgan fingerprint density at radius 3 is 2.09 bits per heavy atom. The van der Waals surface area contributed by atoms with Crippen LogP contribution in [0.3, 0.4) is 0 Å². The Balaban J connectivity index is 1.73. The van der Waals surface area contributed by atoms with Gasteiger partial charge in [-0.15, -0.1) is 0 Å². The largest absolute Gasteiger partial charge is 0.440 e. The van der Waals surface area contributed by atoms with Crippen molar-refractivity contribution in [1.29, 1.82) is 0 Å². The van der Waals surface area contributed by atoms with Crippen LogP contribution in [0.1, 0.15) is 56.2 Å². The maximum absolute atomic E-state index is 13.2. The Bertz CT molecular complexity index is 1230. The molecule has 3 aromatic carbocycles. The van der Waals surface area contributed by atoms with Crippen molar-refractivity contribution in [3.8, 4) is 11.1 Å². The van der Waals surface area contributed by atoms with Gasteiger partial charge in [-0.3, -0.25) is 5.32 Å². The summed E-state index contributed by atoms with van der Waals surface area (Å²) in [6, 6.07) is 22.0. The fourth-order valence-corrected chi connectivity index (χ4v) is 4.13. The molecule has 0 atom stereocenters. The highest BCUT2D eigenvalue weighted by Crippen LogP contribution is 2.39. The van der Waals surface area contributed by atoms with E-state index in [-0.39, 0.29) is 17.9 Å². The maximum atomic E-state index is 13.2. The monoisotopic (exact) mass is 426 g/mol. The van der Waals surface area contributed by atoms with Crippen LogP contribution in [-0.2, 0) is 0 Å². The number of carbonyl (C=O) groups is 1. The summed E-state index contributed by atoms with van der Waals surface area (Å²) in [5, 5.41) is 7.08. The van der Waals surface area contributed by atoms with Crippen LogP contribution in [0.15, 0.2) is 71.1 Å². The Hall–Kier alpha value is -3.53. The van der Waals surface area contributed by atoms with Gasteiger partial charge in [0.05, 0.1) is 5.56 Å². The van der Waals surface area contributed by atoms with Crippen LogP contribution in [0.25, 0.3) is 22.1 Å². The summed E-state index contributed by atoms with van der Waals surface area (Å²) < 4.78 is 6.10. The zero-order valence-corrected chi connectivity index (χ0v) is 19.3. The lowest BCUT2D eigenvalue weighted by Gasteiger charge is -2.20. The van der Waals surface area contributed by atoms with Gasteiger partial charge in [0.1, 0.15) is 5.58 Å². The lowest BCUT2D eigenvalue weighted by Crippen LogP contribution is -2.21. The average molecular weight is 427 g/mol. The van der Waals surface area contributed by atoms with E-state index in [4.69, 9.17) is 4.42 Å². The Labute approximate surface area is 189 Å². The molecule has 4 aromatic rings. The van der Waals surface area contributed by atoms with Crippen molar-refractivity contribution in [3.05, 3.63) is 83.4 Å². The summed E-state index contributed by atoms with van der Waals surface area (Å²) in [5.41, 5.74) is 6.89. The molecule has 0 aliphatic carbocycles. The van der Waals surface area contributed by atoms with Gasteiger partial charge in [-0.25, -0.2) is 4.79 Å². The van der Waals surface area contributed by atoms with Gasteiger partial charge in [0, 0.05) is 11.1 Å². The first kappa shape index (κ1) is 21.7. The molecule has 0 aliphatic rings. The van der Waals surface area contributed by atoms with E-state index in [0.29, 0.717) is 5.88 Å². The van der Waals surface area contributed by atoms with Crippen molar-refractivity contribution in [1.82, 2.24) is 0 Å². The van der Waals surface area contributed by atoms with Crippen LogP contribution in [0.4, 0.5) is 16.4 Å². The molecule has 1 heterocycles. The summed E-state index contributed by atoms with van der Waals surface area (Å²) in [6.07, 6.45) is 0. The van der Waals surface area contributed by atoms with E-state index in [0.717, 1.165) is 44.5 Å². The van der Waals surface area contributed by atoms with Gasteiger partial charge in [0.2, 0.25) is 5.88 Å². The molecule has 0 saturated carbocycles. The van der Waals surface area contributed by atoms with Crippen molar-refractivity contribution in [2.75, 3.05) is 10.6 Å². The number of para-hydroxylation sites is 1. The molecule has 0 radical (unpaired) electrons. The van der Waals surface area contributed by atoms with Gasteiger partial charge < -0.3 is 9.73 Å². The number of urea groups is 1. The summed E-state index contributed by atoms with van der Waals surface area (Å²) in [5.74, 6) is 1.03. The molecule has 4 rings (SSSR count). The fourth-order valence-electron chi connectivity index (χ4n) is 4.13. The second-order valence-electron chi connectivity index (χ2n) is 8.87. The summed E-state index contributed by atoms with van der Waals surface area (Å²) in [4.78, 5) is 13.2. The molecule has 0 saturated heterocycles. The topological polar surface area (TPSA) is 54.3 Å². The molecule has 32 heavy (non-hydrogen) atoms. The third kappa shape index (κ3) is 4.26. The lowest BCUT2D eigenvalue weighted by atomic mass is 9.93. The van der Waals surface area contributed by atoms with Crippen LogP contribution in [0.2, 0.25) is 0 Å².